The summed E-state index contributed by atoms with van der Waals surface area (Å²) in [6.07, 6.45) is 2.61. The quantitative estimate of drug-likeness (QED) is 0.731. The molecule has 1 N–H and O–H groups in total. The molecule has 0 aliphatic heterocycles. The Hall–Kier alpha value is -1.05. The average Bonchev–Trinajstić information content (AvgIpc) is 2.31. The van der Waals surface area contributed by atoms with E-state index >= 15 is 0 Å². The Morgan fingerprint density at radius 1 is 1.19 bits per heavy atom. The first-order valence-electron chi connectivity index (χ1n) is 5.65. The summed E-state index contributed by atoms with van der Waals surface area (Å²) < 4.78 is 0. The van der Waals surface area contributed by atoms with E-state index in [1.165, 1.54) is 10.9 Å². The Bertz CT molecular complexity index is 548. The molecule has 16 heavy (non-hydrogen) atoms. The summed E-state index contributed by atoms with van der Waals surface area (Å²) in [7, 11) is 0. The molecule has 1 atom stereocenters. The molecule has 2 aromatic rings. The largest absolute Gasteiger partial charge is 0.388 e. The predicted octanol–water partition coefficient (Wildman–Crippen LogP) is 3.86. The Kier molecular flexibility index (Phi) is 2.38. The monoisotopic (exact) mass is 232 g/mol. The summed E-state index contributed by atoms with van der Waals surface area (Å²) in [6, 6.07) is 10.1. The van der Waals surface area contributed by atoms with Gasteiger partial charge in [-0.1, -0.05) is 35.9 Å². The molecule has 0 fully saturated rings. The van der Waals surface area contributed by atoms with Crippen molar-refractivity contribution < 1.29 is 5.11 Å². The molecular weight excluding hydrogens is 220 g/mol. The van der Waals surface area contributed by atoms with Gasteiger partial charge in [-0.05, 0) is 41.8 Å². The Balaban J connectivity index is 2.38. The van der Waals surface area contributed by atoms with E-state index in [-0.39, 0.29) is 6.10 Å². The summed E-state index contributed by atoms with van der Waals surface area (Å²) in [6.45, 7) is 0. The van der Waals surface area contributed by atoms with Crippen molar-refractivity contribution in [3.63, 3.8) is 0 Å². The molecule has 1 nitrogen and oxygen atoms in total. The highest BCUT2D eigenvalue weighted by Gasteiger charge is 2.20. The van der Waals surface area contributed by atoms with E-state index in [2.05, 4.69) is 6.07 Å². The van der Waals surface area contributed by atoms with Crippen molar-refractivity contribution in [3.8, 4) is 0 Å². The topological polar surface area (TPSA) is 20.2 Å². The van der Waals surface area contributed by atoms with Gasteiger partial charge in [0.25, 0.3) is 0 Å². The smallest absolute Gasteiger partial charge is 0.0793 e. The van der Waals surface area contributed by atoms with Gasteiger partial charge in [0.15, 0.2) is 0 Å². The van der Waals surface area contributed by atoms with E-state index in [0.29, 0.717) is 0 Å². The second-order valence-corrected chi connectivity index (χ2v) is 4.79. The molecule has 0 saturated carbocycles. The number of aliphatic hydroxyl groups excluding tert-OH is 1. The second kappa shape index (κ2) is 3.76. The maximum atomic E-state index is 9.99. The molecule has 0 saturated heterocycles. The van der Waals surface area contributed by atoms with Gasteiger partial charge in [-0.3, -0.25) is 0 Å². The number of hydrogen-bond donors (Lipinski definition) is 1. The minimum Gasteiger partial charge on any atom is -0.388 e. The van der Waals surface area contributed by atoms with Crippen LogP contribution >= 0.6 is 11.6 Å². The van der Waals surface area contributed by atoms with Crippen LogP contribution < -0.4 is 0 Å². The maximum Gasteiger partial charge on any atom is 0.0793 e. The van der Waals surface area contributed by atoms with E-state index in [9.17, 15) is 5.11 Å². The Morgan fingerprint density at radius 2 is 1.94 bits per heavy atom. The van der Waals surface area contributed by atoms with Crippen molar-refractivity contribution >= 4 is 22.4 Å². The predicted molar refractivity (Wildman–Crippen MR) is 66.9 cm³/mol. The van der Waals surface area contributed by atoms with Gasteiger partial charge in [0.05, 0.1) is 6.10 Å². The van der Waals surface area contributed by atoms with E-state index < -0.39 is 0 Å². The van der Waals surface area contributed by atoms with Crippen molar-refractivity contribution in [1.29, 1.82) is 0 Å². The van der Waals surface area contributed by atoms with Gasteiger partial charge in [0, 0.05) is 10.4 Å². The summed E-state index contributed by atoms with van der Waals surface area (Å²) in [5.41, 5.74) is 2.30. The van der Waals surface area contributed by atoms with Crippen LogP contribution in [-0.4, -0.2) is 5.11 Å². The lowest BCUT2D eigenvalue weighted by Crippen LogP contribution is -2.09. The molecular formula is C14H13ClO. The summed E-state index contributed by atoms with van der Waals surface area (Å²) in [5.74, 6) is 0. The molecule has 0 bridgehead atoms. The zero-order valence-corrected chi connectivity index (χ0v) is 9.67. The first-order valence-corrected chi connectivity index (χ1v) is 6.03. The molecule has 2 heteroatoms. The fourth-order valence-corrected chi connectivity index (χ4v) is 2.90. The first-order chi connectivity index (χ1) is 7.77. The number of hydrogen-bond acceptors (Lipinski definition) is 1. The molecule has 0 amide bonds. The van der Waals surface area contributed by atoms with Crippen molar-refractivity contribution in [2.45, 2.75) is 25.4 Å². The highest BCUT2D eigenvalue weighted by atomic mass is 35.5. The molecule has 0 radical (unpaired) electrons. The van der Waals surface area contributed by atoms with Gasteiger partial charge < -0.3 is 5.11 Å². The normalized spacial score (nSPS) is 19.8. The maximum absolute atomic E-state index is 9.99. The highest BCUT2D eigenvalue weighted by Crippen LogP contribution is 2.37. The van der Waals surface area contributed by atoms with Crippen LogP contribution in [0.25, 0.3) is 10.8 Å². The van der Waals surface area contributed by atoms with Crippen LogP contribution in [-0.2, 0) is 6.42 Å². The average molecular weight is 233 g/mol. The summed E-state index contributed by atoms with van der Waals surface area (Å²) in [4.78, 5) is 0. The van der Waals surface area contributed by atoms with E-state index in [4.69, 9.17) is 11.6 Å². The molecule has 1 aliphatic carbocycles. The molecule has 1 aliphatic rings. The Morgan fingerprint density at radius 3 is 2.75 bits per heavy atom. The zero-order valence-electron chi connectivity index (χ0n) is 8.91. The number of benzene rings is 2. The van der Waals surface area contributed by atoms with E-state index in [0.717, 1.165) is 35.2 Å². The molecule has 3 rings (SSSR count). The lowest BCUT2D eigenvalue weighted by Gasteiger charge is -2.23. The van der Waals surface area contributed by atoms with Gasteiger partial charge in [0.1, 0.15) is 0 Å². The molecule has 82 valence electrons. The summed E-state index contributed by atoms with van der Waals surface area (Å²) >= 11 is 6.25. The molecule has 0 heterocycles. The van der Waals surface area contributed by atoms with Crippen LogP contribution in [0.3, 0.4) is 0 Å². The lowest BCUT2D eigenvalue weighted by atomic mass is 9.86. The molecule has 2 aromatic carbocycles. The number of rotatable bonds is 0. The van der Waals surface area contributed by atoms with Crippen molar-refractivity contribution in [3.05, 3.63) is 46.5 Å². The van der Waals surface area contributed by atoms with Crippen LogP contribution in [0.2, 0.25) is 5.02 Å². The molecule has 0 aromatic heterocycles. The number of aliphatic hydroxyl groups is 1. The lowest BCUT2D eigenvalue weighted by molar-refractivity contribution is 0.157. The third-order valence-electron chi connectivity index (χ3n) is 3.40. The number of aryl methyl sites for hydroxylation is 1. The van der Waals surface area contributed by atoms with Crippen LogP contribution in [0.5, 0.6) is 0 Å². The van der Waals surface area contributed by atoms with Crippen molar-refractivity contribution in [2.75, 3.05) is 0 Å². The number of fused-ring (bicyclic) bond motifs is 3. The SMILES string of the molecule is O[C@@H]1CCCc2c1cc(Cl)c1ccccc21. The summed E-state index contributed by atoms with van der Waals surface area (Å²) in [5, 5.41) is 13.0. The van der Waals surface area contributed by atoms with Gasteiger partial charge in [0.2, 0.25) is 0 Å². The van der Waals surface area contributed by atoms with Crippen LogP contribution in [0.4, 0.5) is 0 Å². The van der Waals surface area contributed by atoms with E-state index in [1.54, 1.807) is 0 Å². The van der Waals surface area contributed by atoms with Gasteiger partial charge in [-0.15, -0.1) is 0 Å². The molecule has 0 spiro atoms. The fourth-order valence-electron chi connectivity index (χ4n) is 2.62. The first kappa shape index (κ1) is 10.1. The van der Waals surface area contributed by atoms with Gasteiger partial charge in [-0.25, -0.2) is 0 Å². The minimum absolute atomic E-state index is 0.342. The second-order valence-electron chi connectivity index (χ2n) is 4.38. The third kappa shape index (κ3) is 1.43. The standard InChI is InChI=1S/C14H13ClO/c15-13-8-12-10(6-3-7-14(12)16)9-4-1-2-5-11(9)13/h1-2,4-5,8,14,16H,3,6-7H2/t14-/m1/s1. The molecule has 0 unspecified atom stereocenters. The zero-order chi connectivity index (χ0) is 11.1. The third-order valence-corrected chi connectivity index (χ3v) is 3.72. The van der Waals surface area contributed by atoms with Gasteiger partial charge >= 0.3 is 0 Å². The van der Waals surface area contributed by atoms with Crippen molar-refractivity contribution in [2.24, 2.45) is 0 Å². The van der Waals surface area contributed by atoms with Crippen LogP contribution in [0.15, 0.2) is 30.3 Å². The Labute approximate surface area is 99.7 Å². The van der Waals surface area contributed by atoms with Gasteiger partial charge in [-0.2, -0.15) is 0 Å². The van der Waals surface area contributed by atoms with Crippen molar-refractivity contribution in [1.82, 2.24) is 0 Å². The van der Waals surface area contributed by atoms with Crippen LogP contribution in [0.1, 0.15) is 30.1 Å². The van der Waals surface area contributed by atoms with E-state index in [1.807, 2.05) is 24.3 Å². The number of halogens is 1. The highest BCUT2D eigenvalue weighted by molar-refractivity contribution is 6.35. The fraction of sp³-hybridized carbons (Fsp3) is 0.286. The minimum atomic E-state index is -0.342. The van der Waals surface area contributed by atoms with Crippen LogP contribution in [0, 0.1) is 0 Å².